The predicted molar refractivity (Wildman–Crippen MR) is 206 cm³/mol. The fourth-order valence-electron chi connectivity index (χ4n) is 4.78. The minimum atomic E-state index is -0.491. The number of carbonyl (C=O) groups is 3. The van der Waals surface area contributed by atoms with Gasteiger partial charge in [-0.3, -0.25) is 9.59 Å². The molecular formula is C39H42N2O6S3. The molecule has 5 aromatic rings. The molecule has 0 saturated heterocycles. The van der Waals surface area contributed by atoms with Gasteiger partial charge < -0.3 is 14.9 Å². The molecule has 3 N–H and O–H groups in total. The van der Waals surface area contributed by atoms with E-state index in [2.05, 4.69) is 81.1 Å². The number of esters is 1. The van der Waals surface area contributed by atoms with E-state index < -0.39 is 11.9 Å². The zero-order valence-corrected chi connectivity index (χ0v) is 32.1. The predicted octanol–water partition coefficient (Wildman–Crippen LogP) is 10.0. The highest BCUT2D eigenvalue weighted by molar-refractivity contribution is 7.16. The molecule has 2 aromatic carbocycles. The van der Waals surface area contributed by atoms with E-state index in [0.29, 0.717) is 26.6 Å². The molecular weight excluding hydrogens is 689 g/mol. The lowest BCUT2D eigenvalue weighted by molar-refractivity contribution is 0.0606. The molecule has 0 spiro atoms. The Morgan fingerprint density at radius 3 is 1.54 bits per heavy atom. The standard InChI is InChI=1S/C23H24N2O4S2.C16H18O2S/c1-13(24-25-21(27)17-10-11-18(31-17)22(28)29-5)16-12-30-20(19(16)26)14-6-8-15(9-7-14)23(2,3)4;1-10(17)13-9-19-15(14(13)18)11-5-7-12(8-6-11)16(2,3)4/h6-12,26H,1-5H3,(H,25,27);5-9,18H,1-4H3. The minimum Gasteiger partial charge on any atom is -0.506 e. The molecule has 0 saturated carbocycles. The number of thiophene rings is 3. The lowest BCUT2D eigenvalue weighted by Crippen LogP contribution is -2.18. The number of ether oxygens (including phenoxy) is 1. The van der Waals surface area contributed by atoms with E-state index in [0.717, 1.165) is 32.2 Å². The molecule has 0 atom stereocenters. The van der Waals surface area contributed by atoms with Gasteiger partial charge in [0.05, 0.1) is 38.6 Å². The molecule has 0 aliphatic rings. The normalized spacial score (nSPS) is 11.8. The van der Waals surface area contributed by atoms with Crippen molar-refractivity contribution in [3.63, 3.8) is 0 Å². The monoisotopic (exact) mass is 730 g/mol. The maximum atomic E-state index is 12.3. The molecule has 1 amide bonds. The molecule has 0 bridgehead atoms. The molecule has 8 nitrogen and oxygen atoms in total. The van der Waals surface area contributed by atoms with Gasteiger partial charge in [-0.2, -0.15) is 5.10 Å². The van der Waals surface area contributed by atoms with E-state index in [1.807, 2.05) is 29.6 Å². The van der Waals surface area contributed by atoms with Crippen molar-refractivity contribution in [2.24, 2.45) is 5.10 Å². The number of rotatable bonds is 7. The number of Topliss-reactive ketones (excluding diaryl/α,β-unsaturated/α-hetero) is 1. The number of methoxy groups -OCH3 is 1. The SMILES string of the molecule is CC(=O)c1csc(-c2ccc(C(C)(C)C)cc2)c1O.COC(=O)c1ccc(C(=O)NN=C(C)c2csc(-c3ccc(C(C)(C)C)cc3)c2O)s1. The zero-order valence-electron chi connectivity index (χ0n) is 29.6. The van der Waals surface area contributed by atoms with Crippen LogP contribution in [0.1, 0.15) is 102 Å². The summed E-state index contributed by atoms with van der Waals surface area (Å²) >= 11 is 3.84. The van der Waals surface area contributed by atoms with E-state index >= 15 is 0 Å². The minimum absolute atomic E-state index is 0.0584. The smallest absolute Gasteiger partial charge is 0.348 e. The molecule has 0 unspecified atom stereocenters. The molecule has 3 heterocycles. The van der Waals surface area contributed by atoms with Gasteiger partial charge in [-0.15, -0.1) is 34.0 Å². The van der Waals surface area contributed by atoms with Crippen LogP contribution in [-0.4, -0.2) is 40.7 Å². The van der Waals surface area contributed by atoms with Gasteiger partial charge in [0.15, 0.2) is 5.78 Å². The Kier molecular flexibility index (Phi) is 11.9. The first-order valence-corrected chi connectivity index (χ1v) is 18.4. The highest BCUT2D eigenvalue weighted by Crippen LogP contribution is 2.40. The number of aromatic hydroxyl groups is 2. The van der Waals surface area contributed by atoms with Crippen LogP contribution in [0.15, 0.2) is 76.5 Å². The third-order valence-electron chi connectivity index (χ3n) is 7.87. The first-order valence-electron chi connectivity index (χ1n) is 15.8. The van der Waals surface area contributed by atoms with Gasteiger partial charge in [0, 0.05) is 10.8 Å². The van der Waals surface area contributed by atoms with Crippen molar-refractivity contribution in [1.29, 1.82) is 0 Å². The Labute approximate surface area is 305 Å². The topological polar surface area (TPSA) is 125 Å². The van der Waals surface area contributed by atoms with Crippen LogP contribution in [0.5, 0.6) is 11.5 Å². The Morgan fingerprint density at radius 2 is 1.12 bits per heavy atom. The third kappa shape index (κ3) is 8.95. The summed E-state index contributed by atoms with van der Waals surface area (Å²) in [7, 11) is 1.29. The van der Waals surface area contributed by atoms with Crippen LogP contribution in [0.2, 0.25) is 0 Å². The second kappa shape index (κ2) is 15.5. The summed E-state index contributed by atoms with van der Waals surface area (Å²) < 4.78 is 4.65. The van der Waals surface area contributed by atoms with Crippen molar-refractivity contribution >= 4 is 57.4 Å². The maximum Gasteiger partial charge on any atom is 0.348 e. The Morgan fingerprint density at radius 1 is 0.680 bits per heavy atom. The number of ketones is 1. The number of benzene rings is 2. The number of amides is 1. The average molecular weight is 731 g/mol. The zero-order chi connectivity index (χ0) is 37.0. The van der Waals surface area contributed by atoms with Crippen LogP contribution in [0.4, 0.5) is 0 Å². The van der Waals surface area contributed by atoms with E-state index in [9.17, 15) is 24.6 Å². The number of nitrogens with zero attached hydrogens (tertiary/aromatic N) is 1. The molecule has 11 heteroatoms. The van der Waals surface area contributed by atoms with Gasteiger partial charge in [0.1, 0.15) is 16.4 Å². The first kappa shape index (κ1) is 38.2. The molecule has 0 aliphatic carbocycles. The van der Waals surface area contributed by atoms with Gasteiger partial charge in [-0.05, 0) is 59.1 Å². The Bertz CT molecular complexity index is 2020. The number of nitrogens with one attached hydrogen (secondary N) is 1. The summed E-state index contributed by atoms with van der Waals surface area (Å²) in [5.41, 5.74) is 8.41. The summed E-state index contributed by atoms with van der Waals surface area (Å²) in [6.45, 7) is 16.1. The van der Waals surface area contributed by atoms with Crippen LogP contribution >= 0.6 is 34.0 Å². The van der Waals surface area contributed by atoms with Crippen molar-refractivity contribution < 1.29 is 29.3 Å². The van der Waals surface area contributed by atoms with Crippen LogP contribution in [0.3, 0.4) is 0 Å². The summed E-state index contributed by atoms with van der Waals surface area (Å²) in [4.78, 5) is 37.4. The van der Waals surface area contributed by atoms with Gasteiger partial charge in [-0.25, -0.2) is 10.2 Å². The second-order valence-corrected chi connectivity index (χ2v) is 16.5. The molecule has 5 rings (SSSR count). The van der Waals surface area contributed by atoms with Crippen molar-refractivity contribution in [3.8, 4) is 32.4 Å². The van der Waals surface area contributed by atoms with Crippen molar-refractivity contribution in [2.75, 3.05) is 7.11 Å². The van der Waals surface area contributed by atoms with Gasteiger partial charge in [0.25, 0.3) is 5.91 Å². The Hall–Kier alpha value is -4.58. The average Bonchev–Trinajstić information content (AvgIpc) is 3.81. The highest BCUT2D eigenvalue weighted by atomic mass is 32.1. The van der Waals surface area contributed by atoms with E-state index in [1.165, 1.54) is 53.9 Å². The largest absolute Gasteiger partial charge is 0.506 e. The number of hydrogen-bond acceptors (Lipinski definition) is 10. The van der Waals surface area contributed by atoms with Gasteiger partial charge >= 0.3 is 5.97 Å². The van der Waals surface area contributed by atoms with Crippen molar-refractivity contribution in [3.05, 3.63) is 103 Å². The molecule has 50 heavy (non-hydrogen) atoms. The van der Waals surface area contributed by atoms with Crippen molar-refractivity contribution in [2.45, 2.75) is 66.2 Å². The molecule has 0 radical (unpaired) electrons. The number of carbonyl (C=O) groups excluding carboxylic acids is 3. The summed E-state index contributed by atoms with van der Waals surface area (Å²) in [6.07, 6.45) is 0. The van der Waals surface area contributed by atoms with Crippen LogP contribution in [-0.2, 0) is 15.6 Å². The van der Waals surface area contributed by atoms with Gasteiger partial charge in [-0.1, -0.05) is 90.1 Å². The molecule has 0 aliphatic heterocycles. The molecule has 262 valence electrons. The lowest BCUT2D eigenvalue weighted by Gasteiger charge is -2.19. The number of hydrogen-bond donors (Lipinski definition) is 3. The third-order valence-corrected chi connectivity index (χ3v) is 11.0. The summed E-state index contributed by atoms with van der Waals surface area (Å²) in [6, 6.07) is 19.3. The highest BCUT2D eigenvalue weighted by Gasteiger charge is 2.20. The number of hydrazone groups is 1. The van der Waals surface area contributed by atoms with Crippen LogP contribution in [0, 0.1) is 0 Å². The van der Waals surface area contributed by atoms with Crippen LogP contribution < -0.4 is 5.43 Å². The molecule has 3 aromatic heterocycles. The van der Waals surface area contributed by atoms with Gasteiger partial charge in [0.2, 0.25) is 0 Å². The van der Waals surface area contributed by atoms with E-state index in [4.69, 9.17) is 0 Å². The Balaban J connectivity index is 0.000000252. The fraction of sp³-hybridized carbons (Fsp3) is 0.282. The van der Waals surface area contributed by atoms with E-state index in [-0.39, 0.29) is 28.1 Å². The van der Waals surface area contributed by atoms with Crippen LogP contribution in [0.25, 0.3) is 20.9 Å². The quantitative estimate of drug-likeness (QED) is 0.0663. The molecule has 0 fully saturated rings. The summed E-state index contributed by atoms with van der Waals surface area (Å²) in [5.74, 6) is -0.803. The lowest BCUT2D eigenvalue weighted by atomic mass is 9.86. The maximum absolute atomic E-state index is 12.3. The summed E-state index contributed by atoms with van der Waals surface area (Å²) in [5, 5.41) is 28.4. The van der Waals surface area contributed by atoms with E-state index in [1.54, 1.807) is 18.4 Å². The second-order valence-electron chi connectivity index (χ2n) is 13.7. The fourth-order valence-corrected chi connectivity index (χ4v) is 7.62. The van der Waals surface area contributed by atoms with Crippen molar-refractivity contribution in [1.82, 2.24) is 5.43 Å². The first-order chi connectivity index (χ1) is 23.4.